The van der Waals surface area contributed by atoms with Crippen LogP contribution in [0.15, 0.2) is 58.7 Å². The lowest BCUT2D eigenvalue weighted by atomic mass is 9.97. The first-order valence-corrected chi connectivity index (χ1v) is 20.6. The molecule has 5 amide bonds. The number of hydrogen-bond acceptors (Lipinski definition) is 11. The summed E-state index contributed by atoms with van der Waals surface area (Å²) in [7, 11) is 1.49. The van der Waals surface area contributed by atoms with Gasteiger partial charge in [0.1, 0.15) is 34.0 Å². The average molecular weight is 875 g/mol. The molecule has 1 aromatic carbocycles. The van der Waals surface area contributed by atoms with Gasteiger partial charge in [-0.05, 0) is 142 Å². The minimum atomic E-state index is -0.849. The number of hydrogen-bond donors (Lipinski definition) is 3. The van der Waals surface area contributed by atoms with E-state index in [-0.39, 0.29) is 11.9 Å². The first-order chi connectivity index (χ1) is 29.2. The zero-order valence-corrected chi connectivity index (χ0v) is 38.7. The van der Waals surface area contributed by atoms with Crippen molar-refractivity contribution in [1.82, 2.24) is 25.4 Å². The maximum Gasteiger partial charge on any atom is 0.437 e. The van der Waals surface area contributed by atoms with Crippen LogP contribution >= 0.6 is 0 Å². The second kappa shape index (κ2) is 20.2. The topological polar surface area (TPSA) is 212 Å². The summed E-state index contributed by atoms with van der Waals surface area (Å²) in [6.07, 6.45) is 3.42. The van der Waals surface area contributed by atoms with Crippen molar-refractivity contribution in [2.45, 2.75) is 118 Å². The van der Waals surface area contributed by atoms with Gasteiger partial charge in [0.2, 0.25) is 11.9 Å². The predicted octanol–water partition coefficient (Wildman–Crippen LogP) is 8.15. The van der Waals surface area contributed by atoms with Gasteiger partial charge in [0.05, 0.1) is 12.7 Å². The van der Waals surface area contributed by atoms with Gasteiger partial charge in [-0.15, -0.1) is 9.98 Å². The third-order valence-corrected chi connectivity index (χ3v) is 8.62. The highest BCUT2D eigenvalue weighted by atomic mass is 16.6. The van der Waals surface area contributed by atoms with Crippen LogP contribution in [-0.4, -0.2) is 113 Å². The number of aliphatic imine (C=N–C) groups is 2. The van der Waals surface area contributed by atoms with Crippen molar-refractivity contribution < 1.29 is 47.7 Å². The number of ether oxygens (including phenoxy) is 5. The molecular formula is C45H62N8O10. The first kappa shape index (κ1) is 49.2. The van der Waals surface area contributed by atoms with Gasteiger partial charge in [-0.2, -0.15) is 0 Å². The Hall–Kier alpha value is -6.46. The zero-order chi connectivity index (χ0) is 46.9. The number of guanidine groups is 2. The Kier molecular flexibility index (Phi) is 15.7. The Morgan fingerprint density at radius 1 is 0.619 bits per heavy atom. The maximum absolute atomic E-state index is 13.5. The highest BCUT2D eigenvalue weighted by Crippen LogP contribution is 2.30. The molecule has 0 saturated heterocycles. The van der Waals surface area contributed by atoms with Gasteiger partial charge in [0.25, 0.3) is 5.91 Å². The number of methoxy groups -OCH3 is 1. The standard InChI is InChI=1S/C45H62N8O10/c1-42(2,3)60-38(55)48-36(49-39(56)61-43(4,5)6)52-22-18-28(19-23-52)30-14-16-32(33(26-30)59-13)35(54)47-34-17-15-31(27-46-34)29-20-24-53(25-21-29)37(50-40(57)62-44(7,8)9)51-41(58)63-45(10,11)12/h14-18,20,26-27H,19,21-25H2,1-13H3,(H,46,47,54)(H,48,49,55,56)(H,50,51,57,58). The van der Waals surface area contributed by atoms with E-state index in [1.807, 2.05) is 24.3 Å². The van der Waals surface area contributed by atoms with Crippen LogP contribution in [0.3, 0.4) is 0 Å². The second-order valence-corrected chi connectivity index (χ2v) is 18.7. The van der Waals surface area contributed by atoms with Crippen LogP contribution in [0.1, 0.15) is 117 Å². The van der Waals surface area contributed by atoms with E-state index in [2.05, 4.69) is 30.9 Å². The molecule has 0 fully saturated rings. The van der Waals surface area contributed by atoms with Crippen LogP contribution < -0.4 is 20.7 Å². The van der Waals surface area contributed by atoms with Crippen LogP contribution in [-0.2, 0) is 18.9 Å². The van der Waals surface area contributed by atoms with Gasteiger partial charge in [0.15, 0.2) is 0 Å². The molecule has 0 unspecified atom stereocenters. The molecule has 3 N–H and O–H groups in total. The van der Waals surface area contributed by atoms with E-state index in [1.54, 1.807) is 117 Å². The molecule has 1 aromatic heterocycles. The van der Waals surface area contributed by atoms with E-state index < -0.39 is 52.7 Å². The molecule has 0 radical (unpaired) electrons. The lowest BCUT2D eigenvalue weighted by molar-refractivity contribution is 0.0536. The fourth-order valence-electron chi connectivity index (χ4n) is 6.06. The lowest BCUT2D eigenvalue weighted by Gasteiger charge is -2.30. The summed E-state index contributed by atoms with van der Waals surface area (Å²) in [4.78, 5) is 80.1. The number of carbonyl (C=O) groups is 5. The van der Waals surface area contributed by atoms with E-state index >= 15 is 0 Å². The predicted molar refractivity (Wildman–Crippen MR) is 240 cm³/mol. The molecule has 342 valence electrons. The van der Waals surface area contributed by atoms with Crippen LogP contribution in [0, 0.1) is 0 Å². The molecule has 18 nitrogen and oxygen atoms in total. The monoisotopic (exact) mass is 874 g/mol. The van der Waals surface area contributed by atoms with E-state index in [0.29, 0.717) is 56.2 Å². The number of aromatic nitrogens is 1. The zero-order valence-electron chi connectivity index (χ0n) is 38.7. The van der Waals surface area contributed by atoms with E-state index in [1.165, 1.54) is 7.11 Å². The minimum absolute atomic E-state index is 0.00699. The van der Waals surface area contributed by atoms with Gasteiger partial charge in [0, 0.05) is 32.4 Å². The Bertz CT molecular complexity index is 2150. The molecular weight excluding hydrogens is 813 g/mol. The molecule has 0 atom stereocenters. The van der Waals surface area contributed by atoms with Crippen molar-refractivity contribution in [3.05, 3.63) is 65.4 Å². The summed E-state index contributed by atoms with van der Waals surface area (Å²) >= 11 is 0. The molecule has 3 heterocycles. The Balaban J connectivity index is 1.43. The third kappa shape index (κ3) is 16.4. The summed E-state index contributed by atoms with van der Waals surface area (Å²) in [5, 5.41) is 8.03. The molecule has 0 bridgehead atoms. The van der Waals surface area contributed by atoms with Gasteiger partial charge < -0.3 is 38.8 Å². The van der Waals surface area contributed by atoms with Crippen molar-refractivity contribution in [2.24, 2.45) is 9.98 Å². The van der Waals surface area contributed by atoms with Gasteiger partial charge in [-0.25, -0.2) is 24.2 Å². The smallest absolute Gasteiger partial charge is 0.437 e. The molecule has 2 aromatic rings. The van der Waals surface area contributed by atoms with Crippen LogP contribution in [0.5, 0.6) is 5.75 Å². The molecule has 63 heavy (non-hydrogen) atoms. The number of benzene rings is 1. The Morgan fingerprint density at radius 3 is 1.44 bits per heavy atom. The summed E-state index contributed by atoms with van der Waals surface area (Å²) in [6.45, 7) is 22.2. The highest BCUT2D eigenvalue weighted by Gasteiger charge is 2.27. The molecule has 0 spiro atoms. The molecule has 4 rings (SSSR count). The Labute approximate surface area is 369 Å². The third-order valence-electron chi connectivity index (χ3n) is 8.62. The first-order valence-electron chi connectivity index (χ1n) is 20.6. The highest BCUT2D eigenvalue weighted by molar-refractivity contribution is 6.06. The summed E-state index contributed by atoms with van der Waals surface area (Å²) in [6, 6.07) is 8.85. The Morgan fingerprint density at radius 2 is 1.06 bits per heavy atom. The van der Waals surface area contributed by atoms with Crippen molar-refractivity contribution in [2.75, 3.05) is 38.6 Å². The molecule has 18 heteroatoms. The van der Waals surface area contributed by atoms with E-state index in [0.717, 1.165) is 22.3 Å². The van der Waals surface area contributed by atoms with Gasteiger partial charge in [-0.1, -0.05) is 18.2 Å². The number of anilines is 1. The summed E-state index contributed by atoms with van der Waals surface area (Å²) < 4.78 is 27.1. The van der Waals surface area contributed by atoms with Gasteiger partial charge >= 0.3 is 24.4 Å². The number of amides is 5. The SMILES string of the molecule is COc1cc(C2=CCN(C(=NC(=O)OC(C)(C)C)NC(=O)OC(C)(C)C)CC2)ccc1C(=O)Nc1ccc(C2=CCN(C(=NC(=O)OC(C)(C)C)NC(=O)OC(C)(C)C)CC2)cn1. The minimum Gasteiger partial charge on any atom is -0.496 e. The number of alkyl carbamates (subject to hydrolysis) is 2. The van der Waals surface area contributed by atoms with Crippen LogP contribution in [0.2, 0.25) is 0 Å². The average Bonchev–Trinajstić information content (AvgIpc) is 3.14. The largest absolute Gasteiger partial charge is 0.496 e. The number of nitrogens with one attached hydrogen (secondary N) is 3. The fourth-order valence-corrected chi connectivity index (χ4v) is 6.06. The quantitative estimate of drug-likeness (QED) is 0.147. The van der Waals surface area contributed by atoms with Crippen LogP contribution in [0.25, 0.3) is 11.1 Å². The van der Waals surface area contributed by atoms with Crippen molar-refractivity contribution >= 4 is 59.2 Å². The number of rotatable bonds is 5. The fraction of sp³-hybridized carbons (Fsp3) is 0.511. The van der Waals surface area contributed by atoms with Crippen molar-refractivity contribution in [3.63, 3.8) is 0 Å². The van der Waals surface area contributed by atoms with Crippen molar-refractivity contribution in [3.8, 4) is 5.75 Å². The van der Waals surface area contributed by atoms with Gasteiger partial charge in [-0.3, -0.25) is 15.4 Å². The van der Waals surface area contributed by atoms with Crippen LogP contribution in [0.4, 0.5) is 25.0 Å². The number of carbonyl (C=O) groups excluding carboxylic acids is 5. The molecule has 2 aliphatic heterocycles. The molecule has 0 aliphatic carbocycles. The van der Waals surface area contributed by atoms with Crippen molar-refractivity contribution in [1.29, 1.82) is 0 Å². The number of pyridine rings is 1. The maximum atomic E-state index is 13.5. The summed E-state index contributed by atoms with van der Waals surface area (Å²) in [5.74, 6) is 0.297. The molecule has 2 aliphatic rings. The number of nitrogens with zero attached hydrogens (tertiary/aromatic N) is 5. The van der Waals surface area contributed by atoms with E-state index in [4.69, 9.17) is 23.7 Å². The van der Waals surface area contributed by atoms with E-state index in [9.17, 15) is 24.0 Å². The normalized spacial score (nSPS) is 15.3. The lowest BCUT2D eigenvalue weighted by Crippen LogP contribution is -2.48. The summed E-state index contributed by atoms with van der Waals surface area (Å²) in [5.41, 5.74) is 0.835. The molecule has 0 saturated carbocycles. The second-order valence-electron chi connectivity index (χ2n) is 18.7.